The van der Waals surface area contributed by atoms with E-state index in [0.29, 0.717) is 0 Å². The molecule has 0 fully saturated rings. The first kappa shape index (κ1) is 51.7. The number of hydrogen-bond acceptors (Lipinski definition) is 0. The Morgan fingerprint density at radius 2 is 0.286 bits per heavy atom. The summed E-state index contributed by atoms with van der Waals surface area (Å²) < 4.78 is 0. The van der Waals surface area contributed by atoms with E-state index in [0.717, 1.165) is 0 Å². The van der Waals surface area contributed by atoms with Crippen LogP contribution in [0.1, 0.15) is 0 Å². The van der Waals surface area contributed by atoms with Crippen LogP contribution in [0.4, 0.5) is 0 Å². The summed E-state index contributed by atoms with van der Waals surface area (Å²) in [6.07, 6.45) is 0. The molecule has 0 saturated carbocycles. The van der Waals surface area contributed by atoms with E-state index in [4.69, 9.17) is 0 Å². The minimum absolute atomic E-state index is 0. The summed E-state index contributed by atoms with van der Waals surface area (Å²) in [4.78, 5) is 0. The van der Waals surface area contributed by atoms with E-state index in [9.17, 15) is 0 Å². The molecule has 0 aliphatic heterocycles. The van der Waals surface area contributed by atoms with Gasteiger partial charge in [-0.3, -0.25) is 0 Å². The van der Waals surface area contributed by atoms with Gasteiger partial charge in [0, 0.05) is 182 Å². The Balaban J connectivity index is 0. The second-order valence-electron chi connectivity index (χ2n) is 0. The zero-order valence-electron chi connectivity index (χ0n) is 3.37. The third kappa shape index (κ3) is 33.2. The fraction of sp³-hybridized carbons (Fsp3) is 0. The van der Waals surface area contributed by atoms with E-state index in [1.807, 2.05) is 0 Å². The third-order valence-corrected chi connectivity index (χ3v) is 0. The summed E-state index contributed by atoms with van der Waals surface area (Å²) in [6, 6.07) is 0. The fourth-order valence-electron chi connectivity index (χ4n) is 0. The fourth-order valence-corrected chi connectivity index (χ4v) is 0. The molecule has 0 unspecified atom stereocenters. The van der Waals surface area contributed by atoms with Gasteiger partial charge < -0.3 is 0 Å². The topological polar surface area (TPSA) is 0 Å². The van der Waals surface area contributed by atoms with Gasteiger partial charge >= 0.3 is 0 Å². The van der Waals surface area contributed by atoms with Gasteiger partial charge in [0.05, 0.1) is 0 Å². The number of rotatable bonds is 0. The van der Waals surface area contributed by atoms with Crippen LogP contribution in [0.15, 0.2) is 0 Å². The zero-order chi connectivity index (χ0) is 0. The summed E-state index contributed by atoms with van der Waals surface area (Å²) in [5.74, 6) is 0. The molecule has 3 radical (unpaired) electrons. The summed E-state index contributed by atoms with van der Waals surface area (Å²) in [5.41, 5.74) is 0. The van der Waals surface area contributed by atoms with Crippen molar-refractivity contribution < 1.29 is 182 Å². The average molecular weight is 1000 g/mol. The molecule has 0 N–H and O–H groups in total. The van der Waals surface area contributed by atoms with E-state index < -0.39 is 0 Å². The molecule has 7 heavy (non-hydrogen) atoms. The van der Waals surface area contributed by atoms with E-state index in [2.05, 4.69) is 0 Å². The standard InChI is InChI=1S/4W.3Y. The van der Waals surface area contributed by atoms with E-state index in [1.165, 1.54) is 0 Å². The Labute approximate surface area is 177 Å². The van der Waals surface area contributed by atoms with Crippen molar-refractivity contribution in [2.24, 2.45) is 0 Å². The molecule has 0 heterocycles. The monoisotopic (exact) mass is 1000 g/mol. The largest absolute Gasteiger partial charge is 0 e. The summed E-state index contributed by atoms with van der Waals surface area (Å²) >= 11 is 0. The van der Waals surface area contributed by atoms with Crippen LogP contribution in [0.25, 0.3) is 0 Å². The summed E-state index contributed by atoms with van der Waals surface area (Å²) in [7, 11) is 0. The Kier molecular flexibility index (Phi) is 297. The molecular weight excluding hydrogens is 1000 g/mol. The SMILES string of the molecule is [W].[W].[W].[W].[Y].[Y].[Y]. The molecule has 0 aliphatic carbocycles. The van der Waals surface area contributed by atoms with E-state index in [1.54, 1.807) is 0 Å². The van der Waals surface area contributed by atoms with Crippen LogP contribution < -0.4 is 0 Å². The molecule has 0 aliphatic rings. The minimum atomic E-state index is 0. The van der Waals surface area contributed by atoms with Gasteiger partial charge in [-0.05, 0) is 0 Å². The van der Waals surface area contributed by atoms with Crippen LogP contribution in [0.2, 0.25) is 0 Å². The van der Waals surface area contributed by atoms with E-state index >= 15 is 0 Å². The van der Waals surface area contributed by atoms with Gasteiger partial charge in [-0.25, -0.2) is 0 Å². The normalized spacial score (nSPS) is 0. The number of hydrogen-bond donors (Lipinski definition) is 0. The molecule has 0 atom stereocenters. The van der Waals surface area contributed by atoms with Crippen molar-refractivity contribution in [3.05, 3.63) is 0 Å². The van der Waals surface area contributed by atoms with Crippen LogP contribution in [-0.4, -0.2) is 0 Å². The van der Waals surface area contributed by atoms with Crippen LogP contribution in [0, 0.1) is 0 Å². The van der Waals surface area contributed by atoms with Gasteiger partial charge in [-0.15, -0.1) is 0 Å². The van der Waals surface area contributed by atoms with Crippen molar-refractivity contribution in [1.29, 1.82) is 0 Å². The van der Waals surface area contributed by atoms with Crippen LogP contribution >= 0.6 is 0 Å². The Morgan fingerprint density at radius 3 is 0.286 bits per heavy atom. The van der Waals surface area contributed by atoms with Gasteiger partial charge in [-0.2, -0.15) is 0 Å². The van der Waals surface area contributed by atoms with Gasteiger partial charge in [0.15, 0.2) is 0 Å². The second kappa shape index (κ2) is 40.2. The Morgan fingerprint density at radius 1 is 0.286 bits per heavy atom. The van der Waals surface area contributed by atoms with Gasteiger partial charge in [-0.1, -0.05) is 0 Å². The summed E-state index contributed by atoms with van der Waals surface area (Å²) in [6.45, 7) is 0. The van der Waals surface area contributed by atoms with Crippen molar-refractivity contribution in [3.63, 3.8) is 0 Å². The zero-order valence-corrected chi connectivity index (χ0v) is 23.6. The van der Waals surface area contributed by atoms with Crippen LogP contribution in [-0.2, 0) is 182 Å². The molecule has 0 amide bonds. The maximum Gasteiger partial charge on any atom is 0 e. The van der Waals surface area contributed by atoms with Gasteiger partial charge in [0.2, 0.25) is 0 Å². The quantitative estimate of drug-likeness (QED) is 0.321. The smallest absolute Gasteiger partial charge is 0 e. The average Bonchev–Trinajstić information content (AvgIpc) is 0. The van der Waals surface area contributed by atoms with Crippen molar-refractivity contribution in [3.8, 4) is 0 Å². The molecule has 0 aromatic rings. The van der Waals surface area contributed by atoms with Crippen molar-refractivity contribution in [2.45, 2.75) is 0 Å². The Bertz CT molecular complexity index is 6.90. The molecule has 33 valence electrons. The first-order valence-electron chi connectivity index (χ1n) is 0. The second-order valence-corrected chi connectivity index (χ2v) is 0. The molecule has 0 aromatic carbocycles. The van der Waals surface area contributed by atoms with Crippen molar-refractivity contribution in [1.82, 2.24) is 0 Å². The summed E-state index contributed by atoms with van der Waals surface area (Å²) in [5, 5.41) is 0. The first-order chi connectivity index (χ1) is 0. The molecule has 0 rings (SSSR count). The molecule has 0 bridgehead atoms. The molecule has 0 saturated heterocycles. The minimum Gasteiger partial charge on any atom is 0 e. The first-order valence-corrected chi connectivity index (χ1v) is 0. The van der Waals surface area contributed by atoms with Crippen molar-refractivity contribution in [2.75, 3.05) is 0 Å². The van der Waals surface area contributed by atoms with Crippen LogP contribution in [0.3, 0.4) is 0 Å². The molecule has 0 aromatic heterocycles. The maximum absolute atomic E-state index is 0. The van der Waals surface area contributed by atoms with Gasteiger partial charge in [0.25, 0.3) is 0 Å². The van der Waals surface area contributed by atoms with E-state index in [-0.39, 0.29) is 182 Å². The molecule has 7 heteroatoms. The predicted molar refractivity (Wildman–Crippen MR) is 0 cm³/mol. The molecular formula is W4Y3. The maximum atomic E-state index is 0. The Hall–Kier alpha value is 6.06. The molecule has 0 nitrogen and oxygen atoms in total. The van der Waals surface area contributed by atoms with Gasteiger partial charge in [0.1, 0.15) is 0 Å². The molecule has 0 spiro atoms. The third-order valence-electron chi connectivity index (χ3n) is 0. The van der Waals surface area contributed by atoms with Crippen LogP contribution in [0.5, 0.6) is 0 Å². The van der Waals surface area contributed by atoms with Crippen molar-refractivity contribution >= 4 is 0 Å². The predicted octanol–water partition coefficient (Wildman–Crippen LogP) is -0.0175.